The van der Waals surface area contributed by atoms with Gasteiger partial charge in [0.15, 0.2) is 0 Å². The maximum Gasteiger partial charge on any atom is 0.229 e. The minimum absolute atomic E-state index is 0.0788. The van der Waals surface area contributed by atoms with Crippen molar-refractivity contribution < 1.29 is 9.53 Å². The second kappa shape index (κ2) is 6.49. The number of nitrogens with zero attached hydrogens (tertiary/aromatic N) is 1. The molecular weight excluding hydrogens is 341 g/mol. The van der Waals surface area contributed by atoms with Gasteiger partial charge in [0.2, 0.25) is 5.91 Å². The van der Waals surface area contributed by atoms with Crippen molar-refractivity contribution in [3.8, 4) is 5.75 Å². The van der Waals surface area contributed by atoms with Crippen LogP contribution < -0.4 is 4.74 Å². The Kier molecular flexibility index (Phi) is 4.62. The van der Waals surface area contributed by atoms with Crippen LogP contribution in [0.2, 0.25) is 9.36 Å². The van der Waals surface area contributed by atoms with E-state index in [0.717, 1.165) is 20.5 Å². The normalized spacial score (nSPS) is 16.8. The van der Waals surface area contributed by atoms with Crippen LogP contribution in [0, 0.1) is 5.92 Å². The maximum absolute atomic E-state index is 12.6. The van der Waals surface area contributed by atoms with Crippen molar-refractivity contribution >= 4 is 40.4 Å². The van der Waals surface area contributed by atoms with Crippen LogP contribution >= 0.6 is 34.5 Å². The highest BCUT2D eigenvalue weighted by atomic mass is 35.5. The molecule has 1 aliphatic heterocycles. The van der Waals surface area contributed by atoms with Gasteiger partial charge in [-0.1, -0.05) is 23.2 Å². The number of ether oxygens (including phenoxy) is 1. The van der Waals surface area contributed by atoms with Crippen molar-refractivity contribution in [3.63, 3.8) is 0 Å². The summed E-state index contributed by atoms with van der Waals surface area (Å²) in [5.41, 5.74) is 0.990. The van der Waals surface area contributed by atoms with Gasteiger partial charge in [0.25, 0.3) is 0 Å². The third kappa shape index (κ3) is 3.40. The molecule has 0 saturated carbocycles. The van der Waals surface area contributed by atoms with Crippen molar-refractivity contribution in [3.05, 3.63) is 50.1 Å². The van der Waals surface area contributed by atoms with E-state index in [2.05, 4.69) is 0 Å². The molecule has 116 valence electrons. The number of carbonyl (C=O) groups excluding carboxylic acids is 1. The second-order valence-electron chi connectivity index (χ2n) is 5.36. The Bertz CT molecular complexity index is 701. The van der Waals surface area contributed by atoms with Crippen molar-refractivity contribution in [1.29, 1.82) is 0 Å². The molecule has 0 fully saturated rings. The third-order valence-electron chi connectivity index (χ3n) is 3.68. The highest BCUT2D eigenvalue weighted by Gasteiger charge is 2.28. The Balaban J connectivity index is 1.68. The maximum atomic E-state index is 12.6. The summed E-state index contributed by atoms with van der Waals surface area (Å²) in [4.78, 5) is 15.4. The largest absolute Gasteiger partial charge is 0.492 e. The van der Waals surface area contributed by atoms with Gasteiger partial charge in [-0.15, -0.1) is 11.3 Å². The first kappa shape index (κ1) is 15.7. The molecule has 0 N–H and O–H groups in total. The fourth-order valence-corrected chi connectivity index (χ4v) is 3.92. The number of halogens is 2. The van der Waals surface area contributed by atoms with Gasteiger partial charge in [-0.3, -0.25) is 4.79 Å². The second-order valence-corrected chi connectivity index (χ2v) is 7.60. The molecule has 0 radical (unpaired) electrons. The van der Waals surface area contributed by atoms with Crippen LogP contribution in [-0.2, 0) is 17.8 Å². The van der Waals surface area contributed by atoms with E-state index in [0.29, 0.717) is 24.6 Å². The zero-order valence-corrected chi connectivity index (χ0v) is 14.3. The summed E-state index contributed by atoms with van der Waals surface area (Å²) in [5.74, 6) is 0.725. The summed E-state index contributed by atoms with van der Waals surface area (Å²) in [6.45, 7) is 0.970. The smallest absolute Gasteiger partial charge is 0.229 e. The Morgan fingerprint density at radius 1 is 1.36 bits per heavy atom. The number of amides is 1. The Labute approximate surface area is 143 Å². The van der Waals surface area contributed by atoms with Crippen molar-refractivity contribution in [2.45, 2.75) is 13.0 Å². The van der Waals surface area contributed by atoms with Crippen LogP contribution in [0.5, 0.6) is 5.75 Å². The highest BCUT2D eigenvalue weighted by molar-refractivity contribution is 7.16. The van der Waals surface area contributed by atoms with Gasteiger partial charge < -0.3 is 9.64 Å². The van der Waals surface area contributed by atoms with Crippen molar-refractivity contribution in [1.82, 2.24) is 4.90 Å². The van der Waals surface area contributed by atoms with E-state index in [1.165, 1.54) is 11.3 Å². The Morgan fingerprint density at radius 2 is 2.18 bits per heavy atom. The number of fused-ring (bicyclic) bond motifs is 1. The zero-order valence-electron chi connectivity index (χ0n) is 12.0. The number of benzene rings is 1. The zero-order chi connectivity index (χ0) is 15.7. The molecule has 1 aromatic heterocycles. The average Bonchev–Trinajstić information content (AvgIpc) is 2.90. The van der Waals surface area contributed by atoms with Crippen LogP contribution in [0.15, 0.2) is 30.3 Å². The lowest BCUT2D eigenvalue weighted by atomic mass is 9.95. The van der Waals surface area contributed by atoms with E-state index >= 15 is 0 Å². The van der Waals surface area contributed by atoms with Crippen molar-refractivity contribution in [2.75, 3.05) is 13.7 Å². The number of thiophene rings is 1. The molecular formula is C16H15Cl2NO2S. The first-order valence-electron chi connectivity index (χ1n) is 6.93. The standard InChI is InChI=1S/C16H15Cl2NO2S/c1-19(8-13-3-5-15(18)22-13)16(20)11-6-10-7-12(17)2-4-14(10)21-9-11/h2-5,7,11H,6,8-9H2,1H3/t11-/m1/s1. The van der Waals surface area contributed by atoms with Crippen LogP contribution in [0.1, 0.15) is 10.4 Å². The molecule has 1 amide bonds. The summed E-state index contributed by atoms with van der Waals surface area (Å²) < 4.78 is 6.43. The van der Waals surface area contributed by atoms with Gasteiger partial charge >= 0.3 is 0 Å². The summed E-state index contributed by atoms with van der Waals surface area (Å²) in [6, 6.07) is 9.32. The van der Waals surface area contributed by atoms with E-state index in [1.807, 2.05) is 31.3 Å². The van der Waals surface area contributed by atoms with Gasteiger partial charge in [0, 0.05) is 16.9 Å². The van der Waals surface area contributed by atoms with Crippen LogP contribution in [0.25, 0.3) is 0 Å². The van der Waals surface area contributed by atoms with E-state index in [1.54, 1.807) is 11.0 Å². The first-order valence-corrected chi connectivity index (χ1v) is 8.50. The highest BCUT2D eigenvalue weighted by Crippen LogP contribution is 2.31. The first-order chi connectivity index (χ1) is 10.5. The number of carbonyl (C=O) groups is 1. The number of hydrogen-bond donors (Lipinski definition) is 0. The lowest BCUT2D eigenvalue weighted by Gasteiger charge is -2.28. The molecule has 0 unspecified atom stereocenters. The van der Waals surface area contributed by atoms with E-state index < -0.39 is 0 Å². The Morgan fingerprint density at radius 3 is 2.91 bits per heavy atom. The van der Waals surface area contributed by atoms with E-state index in [9.17, 15) is 4.79 Å². The number of rotatable bonds is 3. The minimum atomic E-state index is -0.175. The quantitative estimate of drug-likeness (QED) is 0.822. The van der Waals surface area contributed by atoms with Gasteiger partial charge in [0.1, 0.15) is 12.4 Å². The molecule has 0 spiro atoms. The van der Waals surface area contributed by atoms with E-state index in [-0.39, 0.29) is 11.8 Å². The molecule has 0 aliphatic carbocycles. The predicted octanol–water partition coefficient (Wildman–Crippen LogP) is 4.26. The van der Waals surface area contributed by atoms with Gasteiger partial charge in [-0.25, -0.2) is 0 Å². The molecule has 3 nitrogen and oxygen atoms in total. The van der Waals surface area contributed by atoms with E-state index in [4.69, 9.17) is 27.9 Å². The number of hydrogen-bond acceptors (Lipinski definition) is 3. The molecule has 0 bridgehead atoms. The SMILES string of the molecule is CN(Cc1ccc(Cl)s1)C(=O)[C@H]1COc2ccc(Cl)cc2C1. The van der Waals surface area contributed by atoms with Gasteiger partial charge in [-0.2, -0.15) is 0 Å². The lowest BCUT2D eigenvalue weighted by molar-refractivity contribution is -0.136. The summed E-state index contributed by atoms with van der Waals surface area (Å²) >= 11 is 13.4. The topological polar surface area (TPSA) is 29.5 Å². The lowest BCUT2D eigenvalue weighted by Crippen LogP contribution is -2.38. The summed E-state index contributed by atoms with van der Waals surface area (Å²) in [7, 11) is 1.81. The van der Waals surface area contributed by atoms with Crippen LogP contribution in [0.3, 0.4) is 0 Å². The predicted molar refractivity (Wildman–Crippen MR) is 89.9 cm³/mol. The summed E-state index contributed by atoms with van der Waals surface area (Å²) in [5, 5.41) is 0.664. The van der Waals surface area contributed by atoms with Gasteiger partial charge in [-0.05, 0) is 42.3 Å². The van der Waals surface area contributed by atoms with Crippen LogP contribution in [-0.4, -0.2) is 24.5 Å². The minimum Gasteiger partial charge on any atom is -0.492 e. The monoisotopic (exact) mass is 355 g/mol. The molecule has 1 aromatic carbocycles. The van der Waals surface area contributed by atoms with Gasteiger partial charge in [0.05, 0.1) is 16.8 Å². The van der Waals surface area contributed by atoms with Crippen molar-refractivity contribution in [2.24, 2.45) is 5.92 Å². The Hall–Kier alpha value is -1.23. The molecule has 1 aliphatic rings. The average molecular weight is 356 g/mol. The molecule has 2 heterocycles. The molecule has 3 rings (SSSR count). The summed E-state index contributed by atoms with van der Waals surface area (Å²) in [6.07, 6.45) is 0.657. The molecule has 1 atom stereocenters. The molecule has 22 heavy (non-hydrogen) atoms. The fourth-order valence-electron chi connectivity index (χ4n) is 2.58. The fraction of sp³-hybridized carbons (Fsp3) is 0.312. The molecule has 0 saturated heterocycles. The molecule has 2 aromatic rings. The van der Waals surface area contributed by atoms with Crippen LogP contribution in [0.4, 0.5) is 0 Å². The third-order valence-corrected chi connectivity index (χ3v) is 5.13. The molecule has 6 heteroatoms.